The third-order valence-corrected chi connectivity index (χ3v) is 18.7. The minimum atomic E-state index is -0.275. The summed E-state index contributed by atoms with van der Waals surface area (Å²) in [5.41, 5.74) is 29.4. The Morgan fingerprint density at radius 2 is 0.989 bits per heavy atom. The predicted octanol–water partition coefficient (Wildman–Crippen LogP) is 21.0. The van der Waals surface area contributed by atoms with E-state index < -0.39 is 0 Å². The van der Waals surface area contributed by atoms with Crippen LogP contribution in [0.2, 0.25) is 0 Å². The van der Waals surface area contributed by atoms with E-state index in [0.29, 0.717) is 11.8 Å². The van der Waals surface area contributed by atoms with Gasteiger partial charge in [0, 0.05) is 71.9 Å². The minimum Gasteiger partial charge on any atom is -0.333 e. The van der Waals surface area contributed by atoms with Crippen LogP contribution in [-0.4, -0.2) is 21.2 Å². The second-order valence-corrected chi connectivity index (χ2v) is 30.1. The standard InChI is InChI=1S/C71H76BN4.C13H11FN.Ir/c1-44(2)55-23-20-24-56(45(3)4)66(55)76-62-26-18-17-25-59(62)73-67(76)47-22-19-21-46(39-47)48-40-63-65-64(41-48)75(54-35-29-50(30-36-54)69(8,9)10)61-38-32-52(71(14,15)16)43-58(61)72(65)57-42-51(70(11,12)13)31-37-60(57)74(63)53-33-27-49(28-34-53)68(5,6)7;1-9-7-13(15-8-10(9)2)11-3-5-12(14)6-4-11;/h17-21,23-45H,1-16H3;3,5-8H,1-2H3;/q2*-1;. The molecule has 2 aliphatic rings. The van der Waals surface area contributed by atoms with Gasteiger partial charge >= 0.3 is 0 Å². The number of benzene rings is 9. The molecule has 11 aromatic rings. The predicted molar refractivity (Wildman–Crippen MR) is 386 cm³/mol. The molecule has 0 atom stereocenters. The fourth-order valence-corrected chi connectivity index (χ4v) is 13.2. The molecule has 0 N–H and O–H groups in total. The molecule has 0 bridgehead atoms. The average Bonchev–Trinajstić information content (AvgIpc) is 0.787. The summed E-state index contributed by atoms with van der Waals surface area (Å²) in [4.78, 5) is 14.9. The van der Waals surface area contributed by atoms with Crippen molar-refractivity contribution in [3.05, 3.63) is 251 Å². The summed E-state index contributed by atoms with van der Waals surface area (Å²) < 4.78 is 15.1. The van der Waals surface area contributed by atoms with Crippen molar-refractivity contribution in [1.82, 2.24) is 14.5 Å². The Kier molecular flexibility index (Phi) is 17.6. The van der Waals surface area contributed by atoms with E-state index in [1.165, 1.54) is 95.9 Å². The van der Waals surface area contributed by atoms with E-state index in [-0.39, 0.29) is 54.3 Å². The molecule has 0 unspecified atom stereocenters. The van der Waals surface area contributed by atoms with E-state index in [4.69, 9.17) is 4.98 Å². The third kappa shape index (κ3) is 12.4. The van der Waals surface area contributed by atoms with Crippen LogP contribution in [-0.2, 0) is 41.8 Å². The average molecular weight is 1390 g/mol. The zero-order valence-corrected chi connectivity index (χ0v) is 59.5. The number of para-hydroxylation sites is 3. The number of hydrogen-bond donors (Lipinski definition) is 0. The first kappa shape index (κ1) is 65.3. The summed E-state index contributed by atoms with van der Waals surface area (Å²) in [5.74, 6) is 1.24. The molecule has 1 radical (unpaired) electrons. The van der Waals surface area contributed by atoms with Crippen molar-refractivity contribution < 1.29 is 24.5 Å². The van der Waals surface area contributed by atoms with Gasteiger partial charge in [0.25, 0.3) is 6.71 Å². The number of fused-ring (bicyclic) bond motifs is 5. The van der Waals surface area contributed by atoms with Gasteiger partial charge in [-0.25, -0.2) is 0 Å². The fourth-order valence-electron chi connectivity index (χ4n) is 13.2. The molecule has 0 saturated heterocycles. The number of anilines is 6. The van der Waals surface area contributed by atoms with Gasteiger partial charge < -0.3 is 19.4 Å². The Morgan fingerprint density at radius 1 is 0.478 bits per heavy atom. The van der Waals surface area contributed by atoms with Gasteiger partial charge in [0.15, 0.2) is 0 Å². The summed E-state index contributed by atoms with van der Waals surface area (Å²) in [6.45, 7) is 41.1. The van der Waals surface area contributed by atoms with Crippen LogP contribution < -0.4 is 26.2 Å². The molecular formula is C84H87BFIrN5-2. The number of aromatic nitrogens is 3. The number of rotatable bonds is 8. The van der Waals surface area contributed by atoms with Gasteiger partial charge in [-0.1, -0.05) is 201 Å². The summed E-state index contributed by atoms with van der Waals surface area (Å²) in [6.07, 6.45) is 1.82. The molecule has 9 aromatic carbocycles. The zero-order valence-electron chi connectivity index (χ0n) is 57.1. The molecule has 469 valence electrons. The van der Waals surface area contributed by atoms with Gasteiger partial charge in [0.2, 0.25) is 0 Å². The van der Waals surface area contributed by atoms with Crippen molar-refractivity contribution in [2.24, 2.45) is 0 Å². The van der Waals surface area contributed by atoms with Crippen LogP contribution in [0.4, 0.5) is 38.5 Å². The molecular weight excluding hydrogens is 1300 g/mol. The first-order valence-electron chi connectivity index (χ1n) is 32.6. The summed E-state index contributed by atoms with van der Waals surface area (Å²) in [6, 6.07) is 73.4. The van der Waals surface area contributed by atoms with Gasteiger partial charge in [0.1, 0.15) is 0 Å². The number of aryl methyl sites for hydroxylation is 2. The SMILES string of the molecule is CC(C)c1cccc(C(C)C)c1-n1c(-c2[c-]ccc(-c3cc4c5c(c3)N(c3ccc(C(C)(C)C)cc3)c3ccc(C(C)(C)C)cc3B5c3cc(C(C)(C)C)ccc3N4c3ccc(C(C)(C)C)cc3)c2)nc2ccccc21.Cc1cnc(-c2[c-]cc(F)cc2)cc1C.[Ir]. The largest absolute Gasteiger partial charge is 0.333 e. The number of nitrogens with zero attached hydrogens (tertiary/aromatic N) is 5. The number of imidazole rings is 1. The maximum Gasteiger partial charge on any atom is 0.252 e. The molecule has 0 amide bonds. The van der Waals surface area contributed by atoms with Crippen LogP contribution >= 0.6 is 0 Å². The molecule has 4 heterocycles. The first-order valence-corrected chi connectivity index (χ1v) is 32.6. The number of pyridine rings is 1. The van der Waals surface area contributed by atoms with Gasteiger partial charge in [-0.3, -0.25) is 9.37 Å². The quantitative estimate of drug-likeness (QED) is 0.112. The van der Waals surface area contributed by atoms with E-state index in [0.717, 1.165) is 61.7 Å². The summed E-state index contributed by atoms with van der Waals surface area (Å²) in [7, 11) is 0. The fraction of sp³-hybridized carbons (Fsp3) is 0.286. The first-order chi connectivity index (χ1) is 43.0. The summed E-state index contributed by atoms with van der Waals surface area (Å²) >= 11 is 0. The molecule has 92 heavy (non-hydrogen) atoms. The Balaban J connectivity index is 0.000000475. The van der Waals surface area contributed by atoms with Gasteiger partial charge in [-0.15, -0.1) is 65.2 Å². The topological polar surface area (TPSA) is 37.2 Å². The van der Waals surface area contributed by atoms with Crippen molar-refractivity contribution in [2.45, 2.75) is 158 Å². The normalized spacial score (nSPS) is 13.0. The monoisotopic (exact) mass is 1390 g/mol. The maximum atomic E-state index is 12.7. The van der Waals surface area contributed by atoms with Crippen LogP contribution in [0.3, 0.4) is 0 Å². The molecule has 0 aliphatic carbocycles. The van der Waals surface area contributed by atoms with E-state index in [2.05, 4.69) is 300 Å². The maximum absolute atomic E-state index is 12.7. The molecule has 2 aromatic heterocycles. The van der Waals surface area contributed by atoms with Crippen molar-refractivity contribution in [1.29, 1.82) is 0 Å². The van der Waals surface area contributed by atoms with Crippen LogP contribution in [0.1, 0.15) is 167 Å². The van der Waals surface area contributed by atoms with Crippen molar-refractivity contribution in [2.75, 3.05) is 9.80 Å². The smallest absolute Gasteiger partial charge is 0.252 e. The van der Waals surface area contributed by atoms with Crippen molar-refractivity contribution in [3.8, 4) is 39.5 Å². The van der Waals surface area contributed by atoms with Crippen LogP contribution in [0.25, 0.3) is 50.5 Å². The zero-order chi connectivity index (χ0) is 64.8. The van der Waals surface area contributed by atoms with E-state index in [1.807, 2.05) is 26.1 Å². The molecule has 8 heteroatoms. The second kappa shape index (κ2) is 24.7. The second-order valence-electron chi connectivity index (χ2n) is 30.1. The van der Waals surface area contributed by atoms with Crippen LogP contribution in [0, 0.1) is 31.8 Å². The van der Waals surface area contributed by atoms with Crippen molar-refractivity contribution in [3.63, 3.8) is 0 Å². The van der Waals surface area contributed by atoms with Gasteiger partial charge in [0.05, 0.1) is 16.9 Å². The van der Waals surface area contributed by atoms with Gasteiger partial charge in [-0.05, 0) is 175 Å². The third-order valence-electron chi connectivity index (χ3n) is 18.7. The van der Waals surface area contributed by atoms with E-state index in [9.17, 15) is 4.39 Å². The molecule has 0 saturated carbocycles. The Bertz CT molecular complexity index is 4370. The van der Waals surface area contributed by atoms with E-state index >= 15 is 0 Å². The molecule has 0 fully saturated rings. The molecule has 0 spiro atoms. The number of hydrogen-bond acceptors (Lipinski definition) is 4. The van der Waals surface area contributed by atoms with Crippen molar-refractivity contribution >= 4 is 68.3 Å². The Labute approximate surface area is 561 Å². The Morgan fingerprint density at radius 3 is 1.47 bits per heavy atom. The Hall–Kier alpha value is -8.16. The van der Waals surface area contributed by atoms with Crippen LogP contribution in [0.5, 0.6) is 0 Å². The minimum absolute atomic E-state index is 0. The van der Waals surface area contributed by atoms with Gasteiger partial charge in [-0.2, -0.15) is 0 Å². The van der Waals surface area contributed by atoms with Crippen LogP contribution in [0.15, 0.2) is 188 Å². The number of halogens is 1. The van der Waals surface area contributed by atoms with E-state index in [1.54, 1.807) is 6.07 Å². The molecule has 5 nitrogen and oxygen atoms in total. The molecule has 13 rings (SSSR count). The molecule has 2 aliphatic heterocycles. The summed E-state index contributed by atoms with van der Waals surface area (Å²) in [5, 5.41) is 0.